The van der Waals surface area contributed by atoms with Gasteiger partial charge in [-0.25, -0.2) is 0 Å². The van der Waals surface area contributed by atoms with Gasteiger partial charge in [0.05, 0.1) is 6.61 Å². The molecule has 0 aromatic heterocycles. The van der Waals surface area contributed by atoms with Crippen LogP contribution < -0.4 is 0 Å². The normalized spacial score (nSPS) is 12.6. The van der Waals surface area contributed by atoms with Crippen molar-refractivity contribution in [3.05, 3.63) is 60.8 Å². The highest BCUT2D eigenvalue weighted by atomic mass is 16.6. The highest BCUT2D eigenvalue weighted by Gasteiger charge is 2.16. The van der Waals surface area contributed by atoms with E-state index in [1.54, 1.807) is 0 Å². The maximum Gasteiger partial charge on any atom is 0.306 e. The molecule has 64 heavy (non-hydrogen) atoms. The maximum atomic E-state index is 12.3. The van der Waals surface area contributed by atoms with Crippen LogP contribution in [0.25, 0.3) is 0 Å². The van der Waals surface area contributed by atoms with Gasteiger partial charge in [0.2, 0.25) is 0 Å². The van der Waals surface area contributed by atoms with Crippen molar-refractivity contribution in [2.45, 2.75) is 290 Å². The van der Waals surface area contributed by atoms with Gasteiger partial charge in [-0.3, -0.25) is 9.59 Å². The third kappa shape index (κ3) is 52.2. The molecule has 0 radical (unpaired) electrons. The SMILES string of the molecule is CC/C=C\C/C=C\C/C=C\C/C=C\CCCCCCCCCCCCCCCCCCCCCCCCC(=O)OC(CO)COC(=O)CCCCCCC/C=C\CCCCCCCC. The van der Waals surface area contributed by atoms with Crippen molar-refractivity contribution < 1.29 is 24.2 Å². The monoisotopic (exact) mass is 895 g/mol. The Hall–Kier alpha value is -2.40. The molecule has 1 atom stereocenters. The van der Waals surface area contributed by atoms with E-state index in [1.165, 1.54) is 186 Å². The largest absolute Gasteiger partial charge is 0.462 e. The Bertz CT molecular complexity index is 1100. The van der Waals surface area contributed by atoms with Crippen LogP contribution in [0, 0.1) is 0 Å². The Morgan fingerprint density at radius 3 is 1.03 bits per heavy atom. The number of hydrogen-bond acceptors (Lipinski definition) is 5. The van der Waals surface area contributed by atoms with Crippen molar-refractivity contribution in [2.75, 3.05) is 13.2 Å². The molecular formula is C59H106O5. The molecule has 0 aliphatic heterocycles. The summed E-state index contributed by atoms with van der Waals surface area (Å²) in [4.78, 5) is 24.4. The highest BCUT2D eigenvalue weighted by molar-refractivity contribution is 5.70. The van der Waals surface area contributed by atoms with Crippen molar-refractivity contribution in [1.29, 1.82) is 0 Å². The summed E-state index contributed by atoms with van der Waals surface area (Å²) in [6.07, 6.45) is 73.5. The van der Waals surface area contributed by atoms with Crippen LogP contribution >= 0.6 is 0 Å². The van der Waals surface area contributed by atoms with E-state index >= 15 is 0 Å². The number of carbonyl (C=O) groups excluding carboxylic acids is 2. The van der Waals surface area contributed by atoms with E-state index in [0.29, 0.717) is 12.8 Å². The lowest BCUT2D eigenvalue weighted by Crippen LogP contribution is -2.28. The van der Waals surface area contributed by atoms with Crippen molar-refractivity contribution in [3.8, 4) is 0 Å². The van der Waals surface area contributed by atoms with E-state index < -0.39 is 6.10 Å². The maximum absolute atomic E-state index is 12.3. The summed E-state index contributed by atoms with van der Waals surface area (Å²) in [5.74, 6) is -0.589. The van der Waals surface area contributed by atoms with Crippen molar-refractivity contribution in [2.24, 2.45) is 0 Å². The zero-order valence-electron chi connectivity index (χ0n) is 42.5. The predicted molar refractivity (Wildman–Crippen MR) is 279 cm³/mol. The number of carbonyl (C=O) groups is 2. The zero-order valence-corrected chi connectivity index (χ0v) is 42.5. The summed E-state index contributed by atoms with van der Waals surface area (Å²) >= 11 is 0. The highest BCUT2D eigenvalue weighted by Crippen LogP contribution is 2.17. The van der Waals surface area contributed by atoms with Crippen LogP contribution in [0.4, 0.5) is 0 Å². The number of aliphatic hydroxyl groups is 1. The lowest BCUT2D eigenvalue weighted by atomic mass is 10.0. The molecule has 5 heteroatoms. The molecule has 0 spiro atoms. The van der Waals surface area contributed by atoms with Gasteiger partial charge in [-0.1, -0.05) is 254 Å². The fraction of sp³-hybridized carbons (Fsp3) is 0.797. The number of unbranched alkanes of at least 4 members (excludes halogenated alkanes) is 33. The predicted octanol–water partition coefficient (Wildman–Crippen LogP) is 18.6. The van der Waals surface area contributed by atoms with Crippen LogP contribution in [0.15, 0.2) is 60.8 Å². The minimum atomic E-state index is -0.774. The fourth-order valence-corrected chi connectivity index (χ4v) is 8.13. The Kier molecular flexibility index (Phi) is 52.9. The lowest BCUT2D eigenvalue weighted by Gasteiger charge is -2.15. The molecule has 1 unspecified atom stereocenters. The van der Waals surface area contributed by atoms with Crippen LogP contribution in [0.1, 0.15) is 284 Å². The third-order valence-corrected chi connectivity index (χ3v) is 12.3. The van der Waals surface area contributed by atoms with E-state index in [9.17, 15) is 14.7 Å². The van der Waals surface area contributed by atoms with Gasteiger partial charge in [0, 0.05) is 12.8 Å². The molecule has 0 aromatic rings. The van der Waals surface area contributed by atoms with Crippen LogP contribution in [0.3, 0.4) is 0 Å². The van der Waals surface area contributed by atoms with Crippen molar-refractivity contribution >= 4 is 11.9 Å². The third-order valence-electron chi connectivity index (χ3n) is 12.3. The molecule has 0 saturated carbocycles. The Morgan fingerprint density at radius 1 is 0.375 bits per heavy atom. The van der Waals surface area contributed by atoms with Gasteiger partial charge in [0.15, 0.2) is 6.10 Å². The molecule has 0 rings (SSSR count). The second-order valence-corrected chi connectivity index (χ2v) is 18.6. The van der Waals surface area contributed by atoms with Gasteiger partial charge < -0.3 is 14.6 Å². The van der Waals surface area contributed by atoms with Gasteiger partial charge >= 0.3 is 11.9 Å². The molecular weight excluding hydrogens is 789 g/mol. The second-order valence-electron chi connectivity index (χ2n) is 18.6. The molecule has 5 nitrogen and oxygen atoms in total. The van der Waals surface area contributed by atoms with E-state index in [-0.39, 0.29) is 25.2 Å². The minimum Gasteiger partial charge on any atom is -0.462 e. The number of rotatable bonds is 51. The van der Waals surface area contributed by atoms with Gasteiger partial charge in [0.1, 0.15) is 6.61 Å². The van der Waals surface area contributed by atoms with Crippen LogP contribution in [0.5, 0.6) is 0 Å². The van der Waals surface area contributed by atoms with E-state index in [0.717, 1.165) is 70.6 Å². The van der Waals surface area contributed by atoms with Crippen LogP contribution in [-0.2, 0) is 19.1 Å². The first-order chi connectivity index (χ1) is 31.6. The molecule has 0 aliphatic carbocycles. The zero-order chi connectivity index (χ0) is 46.3. The summed E-state index contributed by atoms with van der Waals surface area (Å²) in [6, 6.07) is 0. The smallest absolute Gasteiger partial charge is 0.306 e. The summed E-state index contributed by atoms with van der Waals surface area (Å²) in [5.41, 5.74) is 0. The molecule has 0 fully saturated rings. The number of esters is 2. The molecule has 0 amide bonds. The van der Waals surface area contributed by atoms with Gasteiger partial charge in [-0.15, -0.1) is 0 Å². The second kappa shape index (κ2) is 54.9. The van der Waals surface area contributed by atoms with E-state index in [2.05, 4.69) is 74.6 Å². The number of hydrogen-bond donors (Lipinski definition) is 1. The quantitative estimate of drug-likeness (QED) is 0.0374. The molecule has 0 aliphatic rings. The summed E-state index contributed by atoms with van der Waals surface area (Å²) in [5, 5.41) is 9.63. The van der Waals surface area contributed by atoms with Crippen LogP contribution in [0.2, 0.25) is 0 Å². The first kappa shape index (κ1) is 61.6. The standard InChI is InChI=1S/C59H106O5/c1-3-5-7-9-11-13-15-17-19-20-21-22-23-24-25-26-27-28-29-30-31-32-33-34-35-36-37-38-40-42-44-46-48-50-52-54-59(62)64-57(55-60)56-63-58(61)53-51-49-47-45-43-41-39-18-16-14-12-10-8-6-4-2/h5,7,11,13,17-19,21-22,39,57,60H,3-4,6,8-10,12,14-16,20,23-38,40-56H2,1-2H3/b7-5-,13-11-,19-17-,22-21-,39-18-. The molecule has 0 bridgehead atoms. The number of ether oxygens (including phenoxy) is 2. The van der Waals surface area contributed by atoms with Gasteiger partial charge in [0.25, 0.3) is 0 Å². The molecule has 0 aromatic carbocycles. The molecule has 0 heterocycles. The van der Waals surface area contributed by atoms with Crippen LogP contribution in [-0.4, -0.2) is 36.4 Å². The van der Waals surface area contributed by atoms with Gasteiger partial charge in [-0.05, 0) is 77.0 Å². The number of allylic oxidation sites excluding steroid dienone is 10. The first-order valence-electron chi connectivity index (χ1n) is 27.8. The average Bonchev–Trinajstić information content (AvgIpc) is 3.30. The molecule has 372 valence electrons. The molecule has 0 saturated heterocycles. The Balaban J connectivity index is 3.42. The molecule has 1 N–H and O–H groups in total. The average molecular weight is 895 g/mol. The lowest BCUT2D eigenvalue weighted by molar-refractivity contribution is -0.161. The summed E-state index contributed by atoms with van der Waals surface area (Å²) in [6.45, 7) is 4.04. The minimum absolute atomic E-state index is 0.0672. The Labute approximate surface area is 398 Å². The number of aliphatic hydroxyl groups excluding tert-OH is 1. The van der Waals surface area contributed by atoms with Crippen molar-refractivity contribution in [3.63, 3.8) is 0 Å². The Morgan fingerprint density at radius 2 is 0.672 bits per heavy atom. The topological polar surface area (TPSA) is 72.8 Å². The van der Waals surface area contributed by atoms with Crippen molar-refractivity contribution in [1.82, 2.24) is 0 Å². The fourth-order valence-electron chi connectivity index (χ4n) is 8.13. The summed E-state index contributed by atoms with van der Waals surface area (Å²) < 4.78 is 10.7. The van der Waals surface area contributed by atoms with Gasteiger partial charge in [-0.2, -0.15) is 0 Å². The van der Waals surface area contributed by atoms with E-state index in [4.69, 9.17) is 9.47 Å². The van der Waals surface area contributed by atoms with E-state index in [1.807, 2.05) is 0 Å². The first-order valence-corrected chi connectivity index (χ1v) is 27.8. The summed E-state index contributed by atoms with van der Waals surface area (Å²) in [7, 11) is 0.